The first kappa shape index (κ1) is 15.7. The van der Waals surface area contributed by atoms with E-state index in [-0.39, 0.29) is 12.1 Å². The monoisotopic (exact) mass is 317 g/mol. The first-order valence-corrected chi connectivity index (χ1v) is 7.47. The second-order valence-corrected chi connectivity index (χ2v) is 5.19. The normalized spacial score (nSPS) is 14.7. The third-order valence-corrected chi connectivity index (χ3v) is 3.61. The zero-order chi connectivity index (χ0) is 13.5. The van der Waals surface area contributed by atoms with Gasteiger partial charge in [-0.3, -0.25) is 4.68 Å². The predicted molar refractivity (Wildman–Crippen MR) is 77.6 cm³/mol. The molecule has 1 aromatic rings. The Morgan fingerprint density at radius 2 is 2.17 bits per heavy atom. The molecule has 2 unspecified atom stereocenters. The smallest absolute Gasteiger partial charge is 0.0782 e. The summed E-state index contributed by atoms with van der Waals surface area (Å²) in [7, 11) is 1.97. The second kappa shape index (κ2) is 7.92. The summed E-state index contributed by atoms with van der Waals surface area (Å²) in [6.07, 6.45) is 4.10. The van der Waals surface area contributed by atoms with Gasteiger partial charge >= 0.3 is 0 Å². The fraction of sp³-hybridized carbons (Fsp3) is 0.769. The number of aryl methyl sites for hydroxylation is 1. The standard InChI is InChI=1S/C13H24BrN3O/c1-5-8-15-12(11(6-2)18-7-3)13-10(14)9-16-17(13)4/h9,11-12,15H,5-8H2,1-4H3. The SMILES string of the molecule is CCCNC(c1c(Br)cnn1C)C(CC)OCC. The average Bonchev–Trinajstić information content (AvgIpc) is 2.69. The van der Waals surface area contributed by atoms with Gasteiger partial charge in [0.2, 0.25) is 0 Å². The van der Waals surface area contributed by atoms with E-state index in [4.69, 9.17) is 4.74 Å². The summed E-state index contributed by atoms with van der Waals surface area (Å²) in [4.78, 5) is 0. The Balaban J connectivity index is 2.96. The van der Waals surface area contributed by atoms with Crippen molar-refractivity contribution in [3.63, 3.8) is 0 Å². The number of ether oxygens (including phenoxy) is 1. The van der Waals surface area contributed by atoms with E-state index in [1.165, 1.54) is 0 Å². The third-order valence-electron chi connectivity index (χ3n) is 3.00. The summed E-state index contributed by atoms with van der Waals surface area (Å²) >= 11 is 3.58. The van der Waals surface area contributed by atoms with Gasteiger partial charge < -0.3 is 10.1 Å². The van der Waals surface area contributed by atoms with Crippen molar-refractivity contribution in [3.05, 3.63) is 16.4 Å². The van der Waals surface area contributed by atoms with E-state index >= 15 is 0 Å². The molecule has 1 rings (SSSR count). The van der Waals surface area contributed by atoms with E-state index < -0.39 is 0 Å². The highest BCUT2D eigenvalue weighted by Gasteiger charge is 2.26. The van der Waals surface area contributed by atoms with Crippen molar-refractivity contribution in [2.45, 2.75) is 45.8 Å². The Bertz CT molecular complexity index is 335. The lowest BCUT2D eigenvalue weighted by atomic mass is 10.0. The second-order valence-electron chi connectivity index (χ2n) is 4.34. The summed E-state index contributed by atoms with van der Waals surface area (Å²) < 4.78 is 8.81. The largest absolute Gasteiger partial charge is 0.376 e. The van der Waals surface area contributed by atoms with Gasteiger partial charge in [-0.25, -0.2) is 0 Å². The third kappa shape index (κ3) is 3.80. The van der Waals surface area contributed by atoms with Gasteiger partial charge in [-0.2, -0.15) is 5.10 Å². The topological polar surface area (TPSA) is 39.1 Å². The van der Waals surface area contributed by atoms with Crippen molar-refractivity contribution in [3.8, 4) is 0 Å². The zero-order valence-electron chi connectivity index (χ0n) is 11.7. The highest BCUT2D eigenvalue weighted by Crippen LogP contribution is 2.27. The van der Waals surface area contributed by atoms with Crippen LogP contribution in [0.25, 0.3) is 0 Å². The Kier molecular flexibility index (Phi) is 6.89. The van der Waals surface area contributed by atoms with E-state index in [0.717, 1.165) is 36.2 Å². The number of nitrogens with zero attached hydrogens (tertiary/aromatic N) is 2. The molecule has 0 aliphatic carbocycles. The molecular weight excluding hydrogens is 294 g/mol. The summed E-state index contributed by atoms with van der Waals surface area (Å²) in [5.41, 5.74) is 1.16. The molecule has 5 heteroatoms. The minimum atomic E-state index is 0.174. The number of halogens is 1. The molecule has 0 radical (unpaired) electrons. The van der Waals surface area contributed by atoms with Crippen LogP contribution in [-0.4, -0.2) is 29.0 Å². The first-order chi connectivity index (χ1) is 8.65. The van der Waals surface area contributed by atoms with Crippen LogP contribution in [0, 0.1) is 0 Å². The molecule has 1 aromatic heterocycles. The van der Waals surface area contributed by atoms with E-state index in [9.17, 15) is 0 Å². The van der Waals surface area contributed by atoms with Gasteiger partial charge in [0, 0.05) is 13.7 Å². The van der Waals surface area contributed by atoms with Gasteiger partial charge in [-0.1, -0.05) is 13.8 Å². The molecular formula is C13H24BrN3O. The molecule has 0 aromatic carbocycles. The maximum atomic E-state index is 5.86. The molecule has 1 N–H and O–H groups in total. The molecule has 0 aliphatic heterocycles. The van der Waals surface area contributed by atoms with Crippen LogP contribution in [0.1, 0.15) is 45.3 Å². The van der Waals surface area contributed by atoms with Crippen LogP contribution >= 0.6 is 15.9 Å². The molecule has 18 heavy (non-hydrogen) atoms. The fourth-order valence-corrected chi connectivity index (χ4v) is 2.73. The van der Waals surface area contributed by atoms with Crippen LogP contribution in [0.4, 0.5) is 0 Å². The molecule has 104 valence electrons. The Hall–Kier alpha value is -0.390. The summed E-state index contributed by atoms with van der Waals surface area (Å²) in [5, 5.41) is 7.87. The zero-order valence-corrected chi connectivity index (χ0v) is 13.3. The van der Waals surface area contributed by atoms with Gasteiger partial charge in [-0.05, 0) is 42.2 Å². The van der Waals surface area contributed by atoms with Crippen LogP contribution in [0.3, 0.4) is 0 Å². The molecule has 0 saturated heterocycles. The van der Waals surface area contributed by atoms with Crippen molar-refractivity contribution in [1.29, 1.82) is 0 Å². The minimum Gasteiger partial charge on any atom is -0.376 e. The van der Waals surface area contributed by atoms with E-state index in [1.807, 2.05) is 24.9 Å². The van der Waals surface area contributed by atoms with Gasteiger partial charge in [0.1, 0.15) is 0 Å². The van der Waals surface area contributed by atoms with Crippen molar-refractivity contribution >= 4 is 15.9 Å². The van der Waals surface area contributed by atoms with Crippen molar-refractivity contribution in [1.82, 2.24) is 15.1 Å². The predicted octanol–water partition coefficient (Wildman–Crippen LogP) is 3.04. The van der Waals surface area contributed by atoms with Gasteiger partial charge in [0.05, 0.1) is 28.5 Å². The van der Waals surface area contributed by atoms with Crippen LogP contribution in [-0.2, 0) is 11.8 Å². The molecule has 0 saturated carbocycles. The fourth-order valence-electron chi connectivity index (χ4n) is 2.14. The highest BCUT2D eigenvalue weighted by atomic mass is 79.9. The quantitative estimate of drug-likeness (QED) is 0.801. The summed E-state index contributed by atoms with van der Waals surface area (Å²) in [6.45, 7) is 8.08. The maximum absolute atomic E-state index is 5.86. The maximum Gasteiger partial charge on any atom is 0.0782 e. The number of nitrogens with one attached hydrogen (secondary N) is 1. The molecule has 0 bridgehead atoms. The minimum absolute atomic E-state index is 0.174. The van der Waals surface area contributed by atoms with Crippen LogP contribution in [0.15, 0.2) is 10.7 Å². The highest BCUT2D eigenvalue weighted by molar-refractivity contribution is 9.10. The molecule has 0 aliphatic rings. The number of hydrogen-bond donors (Lipinski definition) is 1. The molecule has 2 atom stereocenters. The van der Waals surface area contributed by atoms with Crippen LogP contribution in [0.5, 0.6) is 0 Å². The van der Waals surface area contributed by atoms with Crippen molar-refractivity contribution < 1.29 is 4.74 Å². The Labute approximate surface area is 118 Å². The van der Waals surface area contributed by atoms with E-state index in [2.05, 4.69) is 40.2 Å². The molecule has 0 amide bonds. The Morgan fingerprint density at radius 3 is 2.61 bits per heavy atom. The van der Waals surface area contributed by atoms with Gasteiger partial charge in [0.25, 0.3) is 0 Å². The lowest BCUT2D eigenvalue weighted by molar-refractivity contribution is 0.0292. The first-order valence-electron chi connectivity index (χ1n) is 6.67. The Morgan fingerprint density at radius 1 is 1.44 bits per heavy atom. The number of aromatic nitrogens is 2. The van der Waals surface area contributed by atoms with Crippen molar-refractivity contribution in [2.75, 3.05) is 13.2 Å². The lowest BCUT2D eigenvalue weighted by Gasteiger charge is -2.27. The number of hydrogen-bond acceptors (Lipinski definition) is 3. The lowest BCUT2D eigenvalue weighted by Crippen LogP contribution is -2.35. The molecule has 1 heterocycles. The van der Waals surface area contributed by atoms with Crippen LogP contribution < -0.4 is 5.32 Å². The van der Waals surface area contributed by atoms with E-state index in [0.29, 0.717) is 0 Å². The molecule has 0 spiro atoms. The van der Waals surface area contributed by atoms with E-state index in [1.54, 1.807) is 0 Å². The molecule has 4 nitrogen and oxygen atoms in total. The van der Waals surface area contributed by atoms with Gasteiger partial charge in [-0.15, -0.1) is 0 Å². The van der Waals surface area contributed by atoms with Gasteiger partial charge in [0.15, 0.2) is 0 Å². The van der Waals surface area contributed by atoms with Crippen LogP contribution in [0.2, 0.25) is 0 Å². The molecule has 0 fully saturated rings. The average molecular weight is 318 g/mol. The summed E-state index contributed by atoms with van der Waals surface area (Å²) in [5.74, 6) is 0. The summed E-state index contributed by atoms with van der Waals surface area (Å²) in [6, 6.07) is 0.178. The number of rotatable bonds is 8. The van der Waals surface area contributed by atoms with Crippen molar-refractivity contribution in [2.24, 2.45) is 7.05 Å².